The van der Waals surface area contributed by atoms with Crippen LogP contribution in [-0.2, 0) is 6.18 Å². The first-order valence-electron chi connectivity index (χ1n) is 5.37. The van der Waals surface area contributed by atoms with Crippen molar-refractivity contribution in [1.82, 2.24) is 9.97 Å². The molecule has 0 amide bonds. The fourth-order valence-electron chi connectivity index (χ4n) is 1.47. The zero-order valence-corrected chi connectivity index (χ0v) is 11.7. The predicted octanol–water partition coefficient (Wildman–Crippen LogP) is 4.75. The van der Waals surface area contributed by atoms with Gasteiger partial charge < -0.3 is 0 Å². The number of fused-ring (bicyclic) bond motifs is 1. The maximum absolute atomic E-state index is 12.7. The second kappa shape index (κ2) is 5.65. The minimum absolute atomic E-state index is 0.0665. The summed E-state index contributed by atoms with van der Waals surface area (Å²) >= 11 is 3.05. The van der Waals surface area contributed by atoms with Crippen LogP contribution in [0, 0.1) is 6.92 Å². The number of aryl methyl sites for hydroxylation is 1. The Hall–Kier alpha value is -1.17. The summed E-state index contributed by atoms with van der Waals surface area (Å²) in [5.41, 5.74) is -0.289. The van der Waals surface area contributed by atoms with E-state index in [2.05, 4.69) is 25.9 Å². The molecule has 1 aromatic heterocycles. The van der Waals surface area contributed by atoms with Crippen LogP contribution in [0.1, 0.15) is 25.1 Å². The monoisotopic (exact) mass is 320 g/mol. The molecule has 2 nitrogen and oxygen atoms in total. The Morgan fingerprint density at radius 1 is 1.11 bits per heavy atom. The third kappa shape index (κ3) is 2.98. The van der Waals surface area contributed by atoms with E-state index in [1.54, 1.807) is 13.0 Å². The van der Waals surface area contributed by atoms with Crippen molar-refractivity contribution in [3.05, 3.63) is 34.2 Å². The van der Waals surface area contributed by atoms with Crippen LogP contribution in [0.15, 0.2) is 22.9 Å². The Labute approximate surface area is 111 Å². The van der Waals surface area contributed by atoms with Crippen LogP contribution >= 0.6 is 15.9 Å². The Morgan fingerprint density at radius 3 is 2.28 bits per heavy atom. The molecule has 0 fully saturated rings. The molecule has 0 N–H and O–H groups in total. The standard InChI is InChI=1S/C10H6BrF3N2.C2H6/c1-5-7-2-6(11)3-8(10(12,13)14)9(7)16-4-15-5;1-2/h2-4H,1H3;1-2H3. The van der Waals surface area contributed by atoms with E-state index >= 15 is 0 Å². The van der Waals surface area contributed by atoms with E-state index in [-0.39, 0.29) is 5.52 Å². The number of alkyl halides is 3. The molecule has 98 valence electrons. The van der Waals surface area contributed by atoms with Crippen molar-refractivity contribution in [3.63, 3.8) is 0 Å². The summed E-state index contributed by atoms with van der Waals surface area (Å²) in [7, 11) is 0. The van der Waals surface area contributed by atoms with Crippen molar-refractivity contribution >= 4 is 26.8 Å². The first-order chi connectivity index (χ1) is 8.39. The second-order valence-electron chi connectivity index (χ2n) is 3.31. The molecule has 0 spiro atoms. The minimum Gasteiger partial charge on any atom is -0.241 e. The number of aromatic nitrogens is 2. The van der Waals surface area contributed by atoms with Crippen molar-refractivity contribution in [2.24, 2.45) is 0 Å². The van der Waals surface area contributed by atoms with Gasteiger partial charge in [-0.3, -0.25) is 0 Å². The zero-order chi connectivity index (χ0) is 13.9. The van der Waals surface area contributed by atoms with Crippen molar-refractivity contribution in [2.45, 2.75) is 26.9 Å². The maximum atomic E-state index is 12.7. The molecule has 6 heteroatoms. The fourth-order valence-corrected chi connectivity index (χ4v) is 1.93. The molecular formula is C12H12BrF3N2. The van der Waals surface area contributed by atoms with Gasteiger partial charge in [-0.1, -0.05) is 29.8 Å². The minimum atomic E-state index is -4.41. The molecule has 0 unspecified atom stereocenters. The van der Waals surface area contributed by atoms with Crippen LogP contribution in [0.2, 0.25) is 0 Å². The number of hydrogen-bond donors (Lipinski definition) is 0. The lowest BCUT2D eigenvalue weighted by Crippen LogP contribution is -2.07. The Balaban J connectivity index is 0.000000771. The van der Waals surface area contributed by atoms with Gasteiger partial charge in [0, 0.05) is 15.6 Å². The Kier molecular flexibility index (Phi) is 4.67. The summed E-state index contributed by atoms with van der Waals surface area (Å²) < 4.78 is 38.6. The Bertz CT molecular complexity index is 553. The van der Waals surface area contributed by atoms with Crippen LogP contribution in [-0.4, -0.2) is 9.97 Å². The van der Waals surface area contributed by atoms with Gasteiger partial charge in [-0.2, -0.15) is 13.2 Å². The van der Waals surface area contributed by atoms with E-state index in [1.165, 1.54) is 0 Å². The molecule has 1 heterocycles. The molecule has 0 radical (unpaired) electrons. The molecule has 2 rings (SSSR count). The van der Waals surface area contributed by atoms with Crippen LogP contribution in [0.3, 0.4) is 0 Å². The first-order valence-corrected chi connectivity index (χ1v) is 6.17. The molecule has 2 aromatic rings. The fraction of sp³-hybridized carbons (Fsp3) is 0.333. The van der Waals surface area contributed by atoms with Crippen LogP contribution in [0.5, 0.6) is 0 Å². The topological polar surface area (TPSA) is 25.8 Å². The smallest absolute Gasteiger partial charge is 0.241 e. The lowest BCUT2D eigenvalue weighted by molar-refractivity contribution is -0.136. The number of rotatable bonds is 0. The number of nitrogens with zero attached hydrogens (tertiary/aromatic N) is 2. The van der Waals surface area contributed by atoms with Gasteiger partial charge in [-0.15, -0.1) is 0 Å². The molecule has 1 aromatic carbocycles. The third-order valence-electron chi connectivity index (χ3n) is 2.21. The SMILES string of the molecule is CC.Cc1ncnc2c(C(F)(F)F)cc(Br)cc12. The third-order valence-corrected chi connectivity index (χ3v) is 2.67. The van der Waals surface area contributed by atoms with Gasteiger partial charge >= 0.3 is 6.18 Å². The van der Waals surface area contributed by atoms with Crippen molar-refractivity contribution in [3.8, 4) is 0 Å². The lowest BCUT2D eigenvalue weighted by atomic mass is 10.1. The highest BCUT2D eigenvalue weighted by molar-refractivity contribution is 9.10. The van der Waals surface area contributed by atoms with Crippen LogP contribution in [0.25, 0.3) is 10.9 Å². The summed E-state index contributed by atoms with van der Waals surface area (Å²) in [4.78, 5) is 7.57. The molecule has 0 saturated heterocycles. The molecule has 0 atom stereocenters. The molecule has 0 aliphatic carbocycles. The van der Waals surface area contributed by atoms with Gasteiger partial charge in [0.2, 0.25) is 0 Å². The van der Waals surface area contributed by atoms with Gasteiger partial charge in [0.15, 0.2) is 0 Å². The first kappa shape index (κ1) is 14.9. The normalized spacial score (nSPS) is 11.1. The highest BCUT2D eigenvalue weighted by Crippen LogP contribution is 2.36. The zero-order valence-electron chi connectivity index (χ0n) is 10.1. The van der Waals surface area contributed by atoms with Crippen molar-refractivity contribution in [1.29, 1.82) is 0 Å². The predicted molar refractivity (Wildman–Crippen MR) is 68.3 cm³/mol. The van der Waals surface area contributed by atoms with E-state index in [1.807, 2.05) is 13.8 Å². The summed E-state index contributed by atoms with van der Waals surface area (Å²) in [5.74, 6) is 0. The highest BCUT2D eigenvalue weighted by Gasteiger charge is 2.33. The summed E-state index contributed by atoms with van der Waals surface area (Å²) in [5, 5.41) is 0.407. The summed E-state index contributed by atoms with van der Waals surface area (Å²) in [6, 6.07) is 2.61. The van der Waals surface area contributed by atoms with Gasteiger partial charge in [0.05, 0.1) is 11.1 Å². The molecule has 18 heavy (non-hydrogen) atoms. The average Bonchev–Trinajstić information content (AvgIpc) is 2.31. The summed E-state index contributed by atoms with van der Waals surface area (Å²) in [6.45, 7) is 5.65. The van der Waals surface area contributed by atoms with E-state index in [9.17, 15) is 13.2 Å². The van der Waals surface area contributed by atoms with Crippen LogP contribution < -0.4 is 0 Å². The van der Waals surface area contributed by atoms with Gasteiger partial charge in [0.1, 0.15) is 6.33 Å². The van der Waals surface area contributed by atoms with Crippen molar-refractivity contribution < 1.29 is 13.2 Å². The summed E-state index contributed by atoms with van der Waals surface area (Å²) in [6.07, 6.45) is -3.27. The maximum Gasteiger partial charge on any atom is 0.418 e. The van der Waals surface area contributed by atoms with Gasteiger partial charge in [-0.25, -0.2) is 9.97 Å². The quantitative estimate of drug-likeness (QED) is 0.700. The Morgan fingerprint density at radius 2 is 1.72 bits per heavy atom. The second-order valence-corrected chi connectivity index (χ2v) is 4.22. The van der Waals surface area contributed by atoms with Gasteiger partial charge in [0.25, 0.3) is 0 Å². The van der Waals surface area contributed by atoms with E-state index in [0.717, 1.165) is 12.4 Å². The van der Waals surface area contributed by atoms with E-state index < -0.39 is 11.7 Å². The van der Waals surface area contributed by atoms with Crippen molar-refractivity contribution in [2.75, 3.05) is 0 Å². The van der Waals surface area contributed by atoms with Gasteiger partial charge in [-0.05, 0) is 19.1 Å². The number of halogens is 4. The molecule has 0 aliphatic rings. The molecule has 0 aliphatic heterocycles. The average molecular weight is 321 g/mol. The van der Waals surface area contributed by atoms with E-state index in [4.69, 9.17) is 0 Å². The molecular weight excluding hydrogens is 309 g/mol. The van der Waals surface area contributed by atoms with Crippen LogP contribution in [0.4, 0.5) is 13.2 Å². The molecule has 0 bridgehead atoms. The highest BCUT2D eigenvalue weighted by atomic mass is 79.9. The lowest BCUT2D eigenvalue weighted by Gasteiger charge is -2.10. The number of hydrogen-bond acceptors (Lipinski definition) is 2. The molecule has 0 saturated carbocycles. The largest absolute Gasteiger partial charge is 0.418 e. The van der Waals surface area contributed by atoms with E-state index in [0.29, 0.717) is 15.6 Å². The number of benzene rings is 1.